The molecule has 0 spiro atoms. The van der Waals surface area contributed by atoms with Crippen molar-refractivity contribution in [1.29, 1.82) is 0 Å². The first-order chi connectivity index (χ1) is 5.39. The lowest BCUT2D eigenvalue weighted by Gasteiger charge is -2.08. The molecule has 0 aromatic heterocycles. The number of carboxylic acid groups (broad SMARTS) is 2. The number of halogens is 1. The van der Waals surface area contributed by atoms with Gasteiger partial charge in [-0.05, 0) is 13.3 Å². The summed E-state index contributed by atoms with van der Waals surface area (Å²) in [6, 6.07) is -1.05. The zero-order chi connectivity index (χ0) is 9.52. The van der Waals surface area contributed by atoms with E-state index >= 15 is 0 Å². The van der Waals surface area contributed by atoms with Gasteiger partial charge in [-0.1, -0.05) is 0 Å². The smallest absolute Gasteiger partial charge is 0.320 e. The van der Waals surface area contributed by atoms with Gasteiger partial charge in [0, 0.05) is 5.92 Å². The van der Waals surface area contributed by atoms with Crippen LogP contribution in [0.15, 0.2) is 0 Å². The van der Waals surface area contributed by atoms with Crippen LogP contribution in [0.3, 0.4) is 0 Å². The van der Waals surface area contributed by atoms with Gasteiger partial charge in [-0.15, -0.1) is 12.4 Å². The molecule has 4 N–H and O–H groups in total. The summed E-state index contributed by atoms with van der Waals surface area (Å²) in [5.74, 6) is -2.53. The van der Waals surface area contributed by atoms with E-state index in [2.05, 4.69) is 0 Å². The molecule has 0 radical (unpaired) electrons. The van der Waals surface area contributed by atoms with E-state index in [9.17, 15) is 9.59 Å². The highest BCUT2D eigenvalue weighted by molar-refractivity contribution is 5.85. The molecule has 0 aliphatic heterocycles. The SMILES string of the molecule is C[C@]1(C(=O)O)C[C@@H]1[C@H](N)C(=O)O.Cl. The Morgan fingerprint density at radius 1 is 1.54 bits per heavy atom. The summed E-state index contributed by atoms with van der Waals surface area (Å²) < 4.78 is 0. The average molecular weight is 210 g/mol. The van der Waals surface area contributed by atoms with Gasteiger partial charge >= 0.3 is 11.9 Å². The first kappa shape index (κ1) is 12.2. The van der Waals surface area contributed by atoms with Crippen molar-refractivity contribution < 1.29 is 19.8 Å². The first-order valence-corrected chi connectivity index (χ1v) is 3.61. The molecule has 0 aromatic carbocycles. The van der Waals surface area contributed by atoms with Gasteiger partial charge in [-0.2, -0.15) is 0 Å². The van der Waals surface area contributed by atoms with E-state index < -0.39 is 29.3 Å². The maximum Gasteiger partial charge on any atom is 0.320 e. The summed E-state index contributed by atoms with van der Waals surface area (Å²) in [6.45, 7) is 1.52. The lowest BCUT2D eigenvalue weighted by Crippen LogP contribution is -2.35. The van der Waals surface area contributed by atoms with E-state index in [1.807, 2.05) is 0 Å². The fourth-order valence-corrected chi connectivity index (χ4v) is 1.34. The van der Waals surface area contributed by atoms with Crippen molar-refractivity contribution in [2.24, 2.45) is 17.1 Å². The summed E-state index contributed by atoms with van der Waals surface area (Å²) >= 11 is 0. The lowest BCUT2D eigenvalue weighted by atomic mass is 10.0. The van der Waals surface area contributed by atoms with Crippen molar-refractivity contribution in [3.05, 3.63) is 0 Å². The second-order valence-electron chi connectivity index (χ2n) is 3.40. The van der Waals surface area contributed by atoms with Crippen LogP contribution in [0.25, 0.3) is 0 Å². The standard InChI is InChI=1S/C7H11NO4.ClH/c1-7(6(11)12)2-3(7)4(8)5(9)10;/h3-4H,2,8H2,1H3,(H,9,10)(H,11,12);1H/t3-,4+,7+;/m1./s1. The van der Waals surface area contributed by atoms with E-state index in [0.717, 1.165) is 0 Å². The molecular formula is C7H12ClNO4. The summed E-state index contributed by atoms with van der Waals surface area (Å²) in [5.41, 5.74) is 4.35. The third kappa shape index (κ3) is 1.92. The second kappa shape index (κ2) is 3.51. The number of hydrogen-bond acceptors (Lipinski definition) is 3. The Labute approximate surface area is 81.3 Å². The molecule has 0 saturated heterocycles. The van der Waals surface area contributed by atoms with E-state index in [4.69, 9.17) is 15.9 Å². The van der Waals surface area contributed by atoms with Crippen LogP contribution in [0, 0.1) is 11.3 Å². The molecule has 0 heterocycles. The zero-order valence-electron chi connectivity index (χ0n) is 7.06. The highest BCUT2D eigenvalue weighted by Crippen LogP contribution is 2.53. The topological polar surface area (TPSA) is 101 Å². The van der Waals surface area contributed by atoms with Gasteiger partial charge in [0.1, 0.15) is 6.04 Å². The van der Waals surface area contributed by atoms with E-state index in [1.54, 1.807) is 0 Å². The van der Waals surface area contributed by atoms with Crippen molar-refractivity contribution in [2.75, 3.05) is 0 Å². The summed E-state index contributed by atoms with van der Waals surface area (Å²) in [4.78, 5) is 20.9. The molecule has 13 heavy (non-hydrogen) atoms. The molecule has 3 atom stereocenters. The number of rotatable bonds is 3. The Hall–Kier alpha value is -0.810. The van der Waals surface area contributed by atoms with Crippen LogP contribution in [0.2, 0.25) is 0 Å². The van der Waals surface area contributed by atoms with Crippen LogP contribution in [-0.2, 0) is 9.59 Å². The number of carbonyl (C=O) groups is 2. The Bertz CT molecular complexity index is 245. The molecule has 0 aromatic rings. The lowest BCUT2D eigenvalue weighted by molar-refractivity contribution is -0.144. The monoisotopic (exact) mass is 209 g/mol. The van der Waals surface area contributed by atoms with Gasteiger partial charge in [-0.25, -0.2) is 0 Å². The fraction of sp³-hybridized carbons (Fsp3) is 0.714. The van der Waals surface area contributed by atoms with E-state index in [-0.39, 0.29) is 12.4 Å². The van der Waals surface area contributed by atoms with E-state index in [1.165, 1.54) is 6.92 Å². The fourth-order valence-electron chi connectivity index (χ4n) is 1.34. The van der Waals surface area contributed by atoms with Gasteiger partial charge in [-0.3, -0.25) is 9.59 Å². The summed E-state index contributed by atoms with van der Waals surface area (Å²) in [6.07, 6.45) is 0.357. The molecule has 1 saturated carbocycles. The van der Waals surface area contributed by atoms with Crippen molar-refractivity contribution in [1.82, 2.24) is 0 Å². The van der Waals surface area contributed by atoms with Gasteiger partial charge in [0.15, 0.2) is 0 Å². The van der Waals surface area contributed by atoms with Crippen LogP contribution < -0.4 is 5.73 Å². The number of aliphatic carboxylic acids is 2. The van der Waals surface area contributed by atoms with Crippen molar-refractivity contribution >= 4 is 24.3 Å². The molecule has 6 heteroatoms. The van der Waals surface area contributed by atoms with Crippen LogP contribution in [0.4, 0.5) is 0 Å². The predicted molar refractivity (Wildman–Crippen MR) is 46.7 cm³/mol. The normalized spacial score (nSPS) is 32.9. The minimum absolute atomic E-state index is 0. The maximum atomic E-state index is 10.6. The largest absolute Gasteiger partial charge is 0.481 e. The third-order valence-corrected chi connectivity index (χ3v) is 2.51. The van der Waals surface area contributed by atoms with Gasteiger partial charge < -0.3 is 15.9 Å². The van der Waals surface area contributed by atoms with Gasteiger partial charge in [0.2, 0.25) is 0 Å². The quantitative estimate of drug-likeness (QED) is 0.604. The Balaban J connectivity index is 0.00000144. The van der Waals surface area contributed by atoms with Crippen molar-refractivity contribution in [3.63, 3.8) is 0 Å². The van der Waals surface area contributed by atoms with Crippen molar-refractivity contribution in [3.8, 4) is 0 Å². The first-order valence-electron chi connectivity index (χ1n) is 3.61. The van der Waals surface area contributed by atoms with Gasteiger partial charge in [0.05, 0.1) is 5.41 Å². The molecule has 0 amide bonds. The average Bonchev–Trinajstić information content (AvgIpc) is 2.62. The zero-order valence-corrected chi connectivity index (χ0v) is 7.87. The number of nitrogens with two attached hydrogens (primary N) is 1. The molecule has 1 aliphatic rings. The molecule has 0 unspecified atom stereocenters. The minimum atomic E-state index is -1.13. The third-order valence-electron chi connectivity index (χ3n) is 2.51. The molecule has 5 nitrogen and oxygen atoms in total. The second-order valence-corrected chi connectivity index (χ2v) is 3.40. The Morgan fingerprint density at radius 3 is 2.23 bits per heavy atom. The van der Waals surface area contributed by atoms with Crippen LogP contribution in [0.5, 0.6) is 0 Å². The van der Waals surface area contributed by atoms with Crippen LogP contribution >= 0.6 is 12.4 Å². The molecule has 76 valence electrons. The predicted octanol–water partition coefficient (Wildman–Crippen LogP) is -0.0691. The maximum absolute atomic E-state index is 10.6. The number of carboxylic acids is 2. The highest BCUT2D eigenvalue weighted by Gasteiger charge is 2.60. The minimum Gasteiger partial charge on any atom is -0.481 e. The molecule has 1 fully saturated rings. The van der Waals surface area contributed by atoms with Crippen LogP contribution in [0.1, 0.15) is 13.3 Å². The molecule has 0 bridgehead atoms. The molecular weight excluding hydrogens is 198 g/mol. The van der Waals surface area contributed by atoms with Crippen molar-refractivity contribution in [2.45, 2.75) is 19.4 Å². The molecule has 1 aliphatic carbocycles. The van der Waals surface area contributed by atoms with E-state index in [0.29, 0.717) is 6.42 Å². The summed E-state index contributed by atoms with van der Waals surface area (Å²) in [5, 5.41) is 17.2. The highest BCUT2D eigenvalue weighted by atomic mass is 35.5. The van der Waals surface area contributed by atoms with Gasteiger partial charge in [0.25, 0.3) is 0 Å². The number of hydrogen-bond donors (Lipinski definition) is 3. The summed E-state index contributed by atoms with van der Waals surface area (Å²) in [7, 11) is 0. The Kier molecular flexibility index (Phi) is 3.29. The Morgan fingerprint density at radius 2 is 2.00 bits per heavy atom. The molecule has 1 rings (SSSR count). The van der Waals surface area contributed by atoms with Crippen LogP contribution in [-0.4, -0.2) is 28.2 Å².